The number of hydrogen-bond donors (Lipinski definition) is 1. The van der Waals surface area contributed by atoms with Gasteiger partial charge in [-0.1, -0.05) is 13.3 Å². The van der Waals surface area contributed by atoms with E-state index in [-0.39, 0.29) is 6.03 Å². The first kappa shape index (κ1) is 15.8. The molecule has 1 N–H and O–H groups in total. The largest absolute Gasteiger partial charge is 0.480 e. The summed E-state index contributed by atoms with van der Waals surface area (Å²) in [6, 6.07) is -0.145. The summed E-state index contributed by atoms with van der Waals surface area (Å²) in [4.78, 5) is 27.0. The molecular weight excluding hydrogens is 244 g/mol. The lowest BCUT2D eigenvalue weighted by Crippen LogP contribution is -2.56. The molecule has 5 nitrogen and oxygen atoms in total. The van der Waals surface area contributed by atoms with Crippen molar-refractivity contribution in [3.8, 4) is 0 Å². The quantitative estimate of drug-likeness (QED) is 0.834. The van der Waals surface area contributed by atoms with Crippen molar-refractivity contribution in [2.45, 2.75) is 52.5 Å². The lowest BCUT2D eigenvalue weighted by atomic mass is 10.0. The van der Waals surface area contributed by atoms with Gasteiger partial charge in [0.05, 0.1) is 0 Å². The van der Waals surface area contributed by atoms with Crippen LogP contribution in [-0.4, -0.2) is 52.1 Å². The molecule has 1 aliphatic rings. The summed E-state index contributed by atoms with van der Waals surface area (Å²) < 4.78 is 0. The van der Waals surface area contributed by atoms with Crippen LogP contribution in [0.2, 0.25) is 0 Å². The van der Waals surface area contributed by atoms with E-state index in [2.05, 4.69) is 6.92 Å². The summed E-state index contributed by atoms with van der Waals surface area (Å²) in [6.07, 6.45) is 3.30. The maximum absolute atomic E-state index is 12.5. The summed E-state index contributed by atoms with van der Waals surface area (Å²) in [5.74, 6) is -0.396. The Kier molecular flexibility index (Phi) is 5.20. The van der Waals surface area contributed by atoms with Crippen LogP contribution in [-0.2, 0) is 4.79 Å². The number of likely N-dealkylation sites (N-methyl/N-ethyl adjacent to an activating group) is 1. The van der Waals surface area contributed by atoms with Gasteiger partial charge in [0.25, 0.3) is 0 Å². The van der Waals surface area contributed by atoms with Crippen LogP contribution >= 0.6 is 0 Å². The highest BCUT2D eigenvalue weighted by Crippen LogP contribution is 2.24. The number of carbonyl (C=O) groups excluding carboxylic acids is 1. The van der Waals surface area contributed by atoms with Crippen molar-refractivity contribution in [1.29, 1.82) is 0 Å². The maximum Gasteiger partial charge on any atom is 0.329 e. The second-order valence-electron chi connectivity index (χ2n) is 5.78. The van der Waals surface area contributed by atoms with Crippen LogP contribution in [0.5, 0.6) is 0 Å². The van der Waals surface area contributed by atoms with Crippen molar-refractivity contribution in [3.05, 3.63) is 0 Å². The molecule has 1 fully saturated rings. The molecule has 0 aromatic rings. The molecule has 0 spiro atoms. The summed E-state index contributed by atoms with van der Waals surface area (Å²) in [5.41, 5.74) is -1.16. The van der Waals surface area contributed by atoms with E-state index in [4.69, 9.17) is 0 Å². The van der Waals surface area contributed by atoms with Gasteiger partial charge in [-0.05, 0) is 39.5 Å². The highest BCUT2D eigenvalue weighted by atomic mass is 16.4. The number of aliphatic carboxylic acids is 1. The smallest absolute Gasteiger partial charge is 0.329 e. The monoisotopic (exact) mass is 270 g/mol. The molecule has 1 rings (SSSR count). The summed E-state index contributed by atoms with van der Waals surface area (Å²) >= 11 is 0. The van der Waals surface area contributed by atoms with Crippen molar-refractivity contribution in [3.63, 3.8) is 0 Å². The third-order valence-corrected chi connectivity index (χ3v) is 4.00. The third-order valence-electron chi connectivity index (χ3n) is 4.00. The molecular formula is C14H26N2O3. The van der Waals surface area contributed by atoms with E-state index in [0.29, 0.717) is 12.5 Å². The van der Waals surface area contributed by atoms with Crippen molar-refractivity contribution in [1.82, 2.24) is 9.80 Å². The van der Waals surface area contributed by atoms with Crippen LogP contribution in [0.25, 0.3) is 0 Å². The van der Waals surface area contributed by atoms with Crippen LogP contribution in [0, 0.1) is 5.92 Å². The number of amides is 2. The fourth-order valence-electron chi connectivity index (χ4n) is 2.71. The Hall–Kier alpha value is -1.26. The first-order valence-electron chi connectivity index (χ1n) is 7.14. The maximum atomic E-state index is 12.5. The number of carbonyl (C=O) groups is 2. The standard InChI is InChI=1S/C14H26N2O3/c1-5-7-11-8-9-15(10-11)13(19)16(6-2)14(3,4)12(17)18/h11H,5-10H2,1-4H3,(H,17,18). The van der Waals surface area contributed by atoms with Crippen molar-refractivity contribution < 1.29 is 14.7 Å². The Balaban J connectivity index is 2.73. The minimum atomic E-state index is -1.16. The molecule has 1 saturated heterocycles. The van der Waals surface area contributed by atoms with Crippen molar-refractivity contribution in [2.75, 3.05) is 19.6 Å². The zero-order valence-electron chi connectivity index (χ0n) is 12.5. The molecule has 0 aromatic carbocycles. The highest BCUT2D eigenvalue weighted by Gasteiger charge is 2.40. The van der Waals surface area contributed by atoms with Gasteiger partial charge in [-0.2, -0.15) is 0 Å². The van der Waals surface area contributed by atoms with Gasteiger partial charge < -0.3 is 14.9 Å². The number of hydrogen-bond acceptors (Lipinski definition) is 2. The van der Waals surface area contributed by atoms with Gasteiger partial charge in [-0.25, -0.2) is 9.59 Å². The molecule has 0 aliphatic carbocycles. The van der Waals surface area contributed by atoms with E-state index >= 15 is 0 Å². The molecule has 2 amide bonds. The van der Waals surface area contributed by atoms with Gasteiger partial charge in [0.2, 0.25) is 0 Å². The van der Waals surface area contributed by atoms with Crippen LogP contribution in [0.15, 0.2) is 0 Å². The van der Waals surface area contributed by atoms with E-state index in [1.54, 1.807) is 18.7 Å². The zero-order chi connectivity index (χ0) is 14.6. The number of likely N-dealkylation sites (tertiary alicyclic amines) is 1. The summed E-state index contributed by atoms with van der Waals surface area (Å²) in [7, 11) is 0. The molecule has 1 atom stereocenters. The molecule has 5 heteroatoms. The fourth-order valence-corrected chi connectivity index (χ4v) is 2.71. The predicted molar refractivity (Wildman–Crippen MR) is 74.1 cm³/mol. The molecule has 0 bridgehead atoms. The first-order valence-corrected chi connectivity index (χ1v) is 7.14. The zero-order valence-corrected chi connectivity index (χ0v) is 12.5. The average molecular weight is 270 g/mol. The number of carboxylic acid groups (broad SMARTS) is 1. The molecule has 1 unspecified atom stereocenters. The average Bonchev–Trinajstić information content (AvgIpc) is 2.78. The van der Waals surface area contributed by atoms with Crippen LogP contribution in [0.3, 0.4) is 0 Å². The summed E-state index contributed by atoms with van der Waals surface area (Å²) in [5, 5.41) is 9.26. The summed E-state index contributed by atoms with van der Waals surface area (Å²) in [6.45, 7) is 9.05. The van der Waals surface area contributed by atoms with Gasteiger partial charge in [0, 0.05) is 19.6 Å². The van der Waals surface area contributed by atoms with E-state index in [1.165, 1.54) is 4.90 Å². The molecule has 1 aliphatic heterocycles. The number of nitrogens with zero attached hydrogens (tertiary/aromatic N) is 2. The van der Waals surface area contributed by atoms with Gasteiger partial charge in [0.1, 0.15) is 5.54 Å². The van der Waals surface area contributed by atoms with Crippen molar-refractivity contribution in [2.24, 2.45) is 5.92 Å². The molecule has 0 saturated carbocycles. The second kappa shape index (κ2) is 6.26. The molecule has 0 radical (unpaired) electrons. The third kappa shape index (κ3) is 3.39. The number of urea groups is 1. The minimum Gasteiger partial charge on any atom is -0.480 e. The second-order valence-corrected chi connectivity index (χ2v) is 5.78. The molecule has 110 valence electrons. The first-order chi connectivity index (χ1) is 8.84. The number of carboxylic acids is 1. The SMILES string of the molecule is CCCC1CCN(C(=O)N(CC)C(C)(C)C(=O)O)C1. The van der Waals surface area contributed by atoms with Crippen molar-refractivity contribution >= 4 is 12.0 Å². The minimum absolute atomic E-state index is 0.145. The van der Waals surface area contributed by atoms with Crippen LogP contribution in [0.1, 0.15) is 47.0 Å². The lowest BCUT2D eigenvalue weighted by molar-refractivity contribution is -0.147. The fraction of sp³-hybridized carbons (Fsp3) is 0.857. The normalized spacial score (nSPS) is 19.6. The Bertz CT molecular complexity index is 342. The van der Waals surface area contributed by atoms with E-state index < -0.39 is 11.5 Å². The van der Waals surface area contributed by atoms with Crippen LogP contribution in [0.4, 0.5) is 4.79 Å². The van der Waals surface area contributed by atoms with Crippen LogP contribution < -0.4 is 0 Å². The Morgan fingerprint density at radius 1 is 1.37 bits per heavy atom. The van der Waals surface area contributed by atoms with Gasteiger partial charge in [-0.15, -0.1) is 0 Å². The topological polar surface area (TPSA) is 60.9 Å². The van der Waals surface area contributed by atoms with E-state index in [9.17, 15) is 14.7 Å². The molecule has 1 heterocycles. The Morgan fingerprint density at radius 2 is 2.00 bits per heavy atom. The highest BCUT2D eigenvalue weighted by molar-refractivity contribution is 5.85. The number of rotatable bonds is 5. The predicted octanol–water partition coefficient (Wildman–Crippen LogP) is 2.41. The lowest BCUT2D eigenvalue weighted by Gasteiger charge is -2.37. The van der Waals surface area contributed by atoms with E-state index in [0.717, 1.165) is 32.4 Å². The van der Waals surface area contributed by atoms with Gasteiger partial charge >= 0.3 is 12.0 Å². The Morgan fingerprint density at radius 3 is 2.47 bits per heavy atom. The molecule has 19 heavy (non-hydrogen) atoms. The van der Waals surface area contributed by atoms with Gasteiger partial charge in [-0.3, -0.25) is 0 Å². The molecule has 0 aromatic heterocycles. The van der Waals surface area contributed by atoms with E-state index in [1.807, 2.05) is 6.92 Å². The van der Waals surface area contributed by atoms with Gasteiger partial charge in [0.15, 0.2) is 0 Å². The Labute approximate surface area is 115 Å².